The number of amidine groups is 1. The minimum atomic E-state index is -4.50. The summed E-state index contributed by atoms with van der Waals surface area (Å²) in [7, 11) is 0. The Morgan fingerprint density at radius 1 is 1.27 bits per heavy atom. The van der Waals surface area contributed by atoms with Crippen molar-refractivity contribution in [3.05, 3.63) is 76.0 Å². The van der Waals surface area contributed by atoms with Crippen molar-refractivity contribution in [1.82, 2.24) is 10.2 Å². The molecule has 3 rings (SSSR count). The van der Waals surface area contributed by atoms with Crippen molar-refractivity contribution in [2.45, 2.75) is 44.9 Å². The van der Waals surface area contributed by atoms with Crippen LogP contribution in [0, 0.1) is 12.3 Å². The first kappa shape index (κ1) is 28.2. The number of alkyl halides is 3. The van der Waals surface area contributed by atoms with Gasteiger partial charge < -0.3 is 16.2 Å². The van der Waals surface area contributed by atoms with Crippen LogP contribution in [-0.2, 0) is 0 Å². The van der Waals surface area contributed by atoms with Gasteiger partial charge >= 0.3 is 12.2 Å². The van der Waals surface area contributed by atoms with E-state index in [2.05, 4.69) is 10.3 Å². The number of hydrogen-bond donors (Lipinski definition) is 4. The number of aryl methyl sites for hydroxylation is 1. The molecule has 1 aliphatic rings. The fraction of sp³-hybridized carbons (Fsp3) is 0.346. The molecule has 5 N–H and O–H groups in total. The van der Waals surface area contributed by atoms with Crippen LogP contribution in [0.3, 0.4) is 0 Å². The summed E-state index contributed by atoms with van der Waals surface area (Å²) < 4.78 is 38.8. The van der Waals surface area contributed by atoms with Crippen molar-refractivity contribution >= 4 is 34.9 Å². The molecular weight excluding hydrogens is 507 g/mol. The van der Waals surface area contributed by atoms with Crippen LogP contribution in [0.1, 0.15) is 36.8 Å². The Morgan fingerprint density at radius 2 is 1.97 bits per heavy atom. The third-order valence-corrected chi connectivity index (χ3v) is 6.09. The van der Waals surface area contributed by atoms with Gasteiger partial charge in [0.15, 0.2) is 0 Å². The molecule has 0 bridgehead atoms. The van der Waals surface area contributed by atoms with Crippen LogP contribution < -0.4 is 11.1 Å². The SMILES string of the molecule is Cc1ccc(C(=N)N(CCC(F)(F)F)C(=O)NC/C(N)=C2\CC(O)CCC2=Nc2cccc(Cl)c2)cc1. The molecular formula is C26H29ClF3N5O2. The number of urea groups is 1. The van der Waals surface area contributed by atoms with E-state index in [9.17, 15) is 23.1 Å². The first-order valence-corrected chi connectivity index (χ1v) is 12.1. The normalized spacial score (nSPS) is 18.4. The second-order valence-electron chi connectivity index (χ2n) is 8.83. The van der Waals surface area contributed by atoms with Gasteiger partial charge in [0, 0.05) is 35.0 Å². The van der Waals surface area contributed by atoms with E-state index in [0.29, 0.717) is 40.4 Å². The van der Waals surface area contributed by atoms with Gasteiger partial charge in [0.05, 0.1) is 24.8 Å². The maximum Gasteiger partial charge on any atom is 0.390 e. The number of nitrogens with one attached hydrogen (secondary N) is 2. The number of aliphatic imine (C=N–C) groups is 1. The molecule has 0 aromatic heterocycles. The highest BCUT2D eigenvalue weighted by molar-refractivity contribution is 6.30. The van der Waals surface area contributed by atoms with E-state index in [4.69, 9.17) is 22.7 Å². The summed E-state index contributed by atoms with van der Waals surface area (Å²) in [6, 6.07) is 12.6. The lowest BCUT2D eigenvalue weighted by Gasteiger charge is -2.26. The highest BCUT2D eigenvalue weighted by Crippen LogP contribution is 2.27. The quantitative estimate of drug-likeness (QED) is 0.290. The number of aliphatic hydroxyl groups is 1. The van der Waals surface area contributed by atoms with Crippen LogP contribution in [0.5, 0.6) is 0 Å². The average Bonchev–Trinajstić information content (AvgIpc) is 2.83. The lowest BCUT2D eigenvalue weighted by atomic mass is 9.89. The summed E-state index contributed by atoms with van der Waals surface area (Å²) in [6.07, 6.45) is -5.25. The van der Waals surface area contributed by atoms with Crippen LogP contribution >= 0.6 is 11.6 Å². The van der Waals surface area contributed by atoms with Crippen molar-refractivity contribution < 1.29 is 23.1 Å². The number of aliphatic hydroxyl groups excluding tert-OH is 1. The number of amides is 2. The van der Waals surface area contributed by atoms with Gasteiger partial charge in [-0.3, -0.25) is 15.3 Å². The van der Waals surface area contributed by atoms with Crippen molar-refractivity contribution in [3.8, 4) is 0 Å². The van der Waals surface area contributed by atoms with Gasteiger partial charge in [0.1, 0.15) is 5.84 Å². The van der Waals surface area contributed by atoms with Crippen molar-refractivity contribution in [2.75, 3.05) is 13.1 Å². The monoisotopic (exact) mass is 535 g/mol. The summed E-state index contributed by atoms with van der Waals surface area (Å²) in [5.74, 6) is -0.357. The molecule has 1 aliphatic carbocycles. The predicted molar refractivity (Wildman–Crippen MR) is 138 cm³/mol. The van der Waals surface area contributed by atoms with Gasteiger partial charge in [-0.2, -0.15) is 13.2 Å². The van der Waals surface area contributed by atoms with E-state index in [1.807, 2.05) is 6.92 Å². The Balaban J connectivity index is 1.80. The highest BCUT2D eigenvalue weighted by atomic mass is 35.5. The zero-order chi connectivity index (χ0) is 27.2. The number of nitrogens with zero attached hydrogens (tertiary/aromatic N) is 2. The Hall–Kier alpha value is -3.37. The summed E-state index contributed by atoms with van der Waals surface area (Å²) in [6.45, 7) is 0.918. The molecule has 1 fully saturated rings. The first-order valence-electron chi connectivity index (χ1n) is 11.7. The van der Waals surface area contributed by atoms with E-state index < -0.39 is 31.3 Å². The summed E-state index contributed by atoms with van der Waals surface area (Å²) in [5, 5.41) is 21.6. The number of carbonyl (C=O) groups excluding carboxylic acids is 1. The predicted octanol–water partition coefficient (Wildman–Crippen LogP) is 5.47. The molecule has 1 atom stereocenters. The molecule has 1 saturated carbocycles. The number of benzene rings is 2. The summed E-state index contributed by atoms with van der Waals surface area (Å²) >= 11 is 6.04. The zero-order valence-electron chi connectivity index (χ0n) is 20.3. The molecule has 0 heterocycles. The molecule has 0 spiro atoms. The Bertz CT molecular complexity index is 1200. The van der Waals surface area contributed by atoms with Crippen LogP contribution in [-0.4, -0.2) is 53.0 Å². The lowest BCUT2D eigenvalue weighted by Crippen LogP contribution is -2.46. The average molecular weight is 536 g/mol. The second-order valence-corrected chi connectivity index (χ2v) is 9.27. The number of halogens is 4. The second kappa shape index (κ2) is 12.2. The van der Waals surface area contributed by atoms with Gasteiger partial charge in [0.2, 0.25) is 0 Å². The number of hydrogen-bond acceptors (Lipinski definition) is 5. The topological polar surface area (TPSA) is 115 Å². The van der Waals surface area contributed by atoms with Crippen LogP contribution in [0.4, 0.5) is 23.7 Å². The van der Waals surface area contributed by atoms with Crippen LogP contribution in [0.2, 0.25) is 5.02 Å². The van der Waals surface area contributed by atoms with Crippen LogP contribution in [0.25, 0.3) is 0 Å². The van der Waals surface area contributed by atoms with Gasteiger partial charge in [-0.1, -0.05) is 47.5 Å². The molecule has 37 heavy (non-hydrogen) atoms. The molecule has 2 aromatic carbocycles. The minimum absolute atomic E-state index is 0.195. The zero-order valence-corrected chi connectivity index (χ0v) is 21.0. The number of rotatable bonds is 6. The standard InChI is InChI=1S/C26H29ClF3N5O2/c1-16-5-7-17(8-6-16)24(32)35(12-11-26(28,29)30)25(37)33-15-22(31)21-14-20(36)9-10-23(21)34-19-4-2-3-18(27)13-19/h2-8,13,20,32,36H,9-12,14-15,31H2,1H3,(H,33,37)/b22-21-,32-24?,34-23?. The molecule has 0 radical (unpaired) electrons. The van der Waals surface area contributed by atoms with Gasteiger partial charge in [-0.25, -0.2) is 4.79 Å². The van der Waals surface area contributed by atoms with Crippen molar-refractivity contribution in [2.24, 2.45) is 10.7 Å². The fourth-order valence-electron chi connectivity index (χ4n) is 3.84. The maximum absolute atomic E-state index is 12.9. The molecule has 198 valence electrons. The lowest BCUT2D eigenvalue weighted by molar-refractivity contribution is -0.135. The summed E-state index contributed by atoms with van der Waals surface area (Å²) in [4.78, 5) is 18.3. The molecule has 0 aliphatic heterocycles. The van der Waals surface area contributed by atoms with E-state index in [-0.39, 0.29) is 24.5 Å². The molecule has 11 heteroatoms. The minimum Gasteiger partial charge on any atom is -0.400 e. The maximum atomic E-state index is 12.9. The summed E-state index contributed by atoms with van der Waals surface area (Å²) in [5.41, 5.74) is 9.53. The smallest absolute Gasteiger partial charge is 0.390 e. The van der Waals surface area contributed by atoms with Crippen molar-refractivity contribution in [1.29, 1.82) is 5.41 Å². The fourth-order valence-corrected chi connectivity index (χ4v) is 4.03. The molecule has 0 saturated heterocycles. The van der Waals surface area contributed by atoms with E-state index >= 15 is 0 Å². The molecule has 2 amide bonds. The van der Waals surface area contributed by atoms with E-state index in [1.54, 1.807) is 48.5 Å². The Kier molecular flexibility index (Phi) is 9.34. The Morgan fingerprint density at radius 3 is 2.62 bits per heavy atom. The Labute approximate surface area is 218 Å². The molecule has 1 unspecified atom stereocenters. The molecule has 2 aromatic rings. The van der Waals surface area contributed by atoms with E-state index in [1.165, 1.54) is 0 Å². The highest BCUT2D eigenvalue weighted by Gasteiger charge is 2.31. The van der Waals surface area contributed by atoms with Gasteiger partial charge in [0.25, 0.3) is 0 Å². The largest absolute Gasteiger partial charge is 0.400 e. The third-order valence-electron chi connectivity index (χ3n) is 5.85. The van der Waals surface area contributed by atoms with Gasteiger partial charge in [-0.05, 0) is 43.5 Å². The van der Waals surface area contributed by atoms with Gasteiger partial charge in [-0.15, -0.1) is 0 Å². The van der Waals surface area contributed by atoms with E-state index in [0.717, 1.165) is 10.5 Å². The van der Waals surface area contributed by atoms with Crippen molar-refractivity contribution in [3.63, 3.8) is 0 Å². The number of carbonyl (C=O) groups is 1. The first-order chi connectivity index (χ1) is 17.4. The van der Waals surface area contributed by atoms with Crippen LogP contribution in [0.15, 0.2) is 64.8 Å². The number of nitrogens with two attached hydrogens (primary N) is 1. The third kappa shape index (κ3) is 8.33. The molecule has 7 nitrogen and oxygen atoms in total.